The van der Waals surface area contributed by atoms with Crippen LogP contribution in [0.5, 0.6) is 0 Å². The Bertz CT molecular complexity index is 763. The van der Waals surface area contributed by atoms with E-state index in [-0.39, 0.29) is 12.0 Å². The number of rotatable bonds is 3. The van der Waals surface area contributed by atoms with Crippen molar-refractivity contribution in [3.63, 3.8) is 0 Å². The van der Waals surface area contributed by atoms with E-state index < -0.39 is 6.09 Å². The number of hydrogen-bond acceptors (Lipinski definition) is 5. The Balaban J connectivity index is 1.83. The van der Waals surface area contributed by atoms with Crippen LogP contribution in [0.4, 0.5) is 9.59 Å². The number of ether oxygens (including phenoxy) is 2. The van der Waals surface area contributed by atoms with Gasteiger partial charge in [0, 0.05) is 30.9 Å². The van der Waals surface area contributed by atoms with Gasteiger partial charge in [-0.2, -0.15) is 0 Å². The third-order valence-electron chi connectivity index (χ3n) is 4.52. The van der Waals surface area contributed by atoms with E-state index in [9.17, 15) is 9.59 Å². The summed E-state index contributed by atoms with van der Waals surface area (Å²) in [6.45, 7) is 5.59. The second-order valence-electron chi connectivity index (χ2n) is 5.99. The first-order valence-corrected chi connectivity index (χ1v) is 8.70. The lowest BCUT2D eigenvalue weighted by atomic mass is 9.90. The predicted molar refractivity (Wildman–Crippen MR) is 92.7 cm³/mol. The number of carbonyl (C=O) groups excluding carboxylic acids is 2. The van der Waals surface area contributed by atoms with Gasteiger partial charge in [0.05, 0.1) is 13.2 Å². The lowest BCUT2D eigenvalue weighted by Crippen LogP contribution is -2.38. The molecular formula is C18H23N3O4. The SMILES string of the molecule is CCOC(=O)N1CCC(c2cn(C(=O)OCC)c3ncccc23)CC1. The number of likely N-dealkylation sites (tertiary alicyclic amines) is 1. The van der Waals surface area contributed by atoms with E-state index in [0.717, 1.165) is 23.8 Å². The Hall–Kier alpha value is -2.57. The Labute approximate surface area is 146 Å². The number of amides is 1. The molecule has 134 valence electrons. The van der Waals surface area contributed by atoms with Crippen molar-refractivity contribution in [2.75, 3.05) is 26.3 Å². The quantitative estimate of drug-likeness (QED) is 0.852. The molecule has 0 spiro atoms. The maximum atomic E-state index is 12.2. The molecule has 1 saturated heterocycles. The normalized spacial score (nSPS) is 15.4. The van der Waals surface area contributed by atoms with Crippen molar-refractivity contribution < 1.29 is 19.1 Å². The molecule has 3 rings (SSSR count). The molecule has 25 heavy (non-hydrogen) atoms. The molecular weight excluding hydrogens is 322 g/mol. The number of carbonyl (C=O) groups is 2. The van der Waals surface area contributed by atoms with Gasteiger partial charge in [0.15, 0.2) is 0 Å². The number of piperidine rings is 1. The van der Waals surface area contributed by atoms with Gasteiger partial charge in [-0.25, -0.2) is 19.1 Å². The number of aromatic nitrogens is 2. The zero-order valence-electron chi connectivity index (χ0n) is 14.6. The number of pyridine rings is 1. The van der Waals surface area contributed by atoms with Crippen molar-refractivity contribution in [2.45, 2.75) is 32.6 Å². The highest BCUT2D eigenvalue weighted by molar-refractivity contribution is 5.89. The Morgan fingerprint density at radius 2 is 1.84 bits per heavy atom. The number of fused-ring (bicyclic) bond motifs is 1. The second kappa shape index (κ2) is 7.55. The molecule has 2 aromatic heterocycles. The minimum atomic E-state index is -0.415. The summed E-state index contributed by atoms with van der Waals surface area (Å²) in [7, 11) is 0. The maximum Gasteiger partial charge on any atom is 0.419 e. The minimum absolute atomic E-state index is 0.253. The Morgan fingerprint density at radius 3 is 2.52 bits per heavy atom. The van der Waals surface area contributed by atoms with Crippen molar-refractivity contribution in [3.05, 3.63) is 30.1 Å². The smallest absolute Gasteiger partial charge is 0.419 e. The van der Waals surface area contributed by atoms with Gasteiger partial charge in [-0.05, 0) is 50.3 Å². The second-order valence-corrected chi connectivity index (χ2v) is 5.99. The van der Waals surface area contributed by atoms with Gasteiger partial charge in [0.2, 0.25) is 0 Å². The molecule has 1 fully saturated rings. The van der Waals surface area contributed by atoms with E-state index in [1.165, 1.54) is 4.57 Å². The van der Waals surface area contributed by atoms with Crippen LogP contribution in [0.15, 0.2) is 24.5 Å². The summed E-state index contributed by atoms with van der Waals surface area (Å²) in [6.07, 6.45) is 4.49. The third-order valence-corrected chi connectivity index (χ3v) is 4.52. The number of hydrogen-bond donors (Lipinski definition) is 0. The molecule has 7 heteroatoms. The zero-order valence-corrected chi connectivity index (χ0v) is 14.6. The summed E-state index contributed by atoms with van der Waals surface area (Å²) in [6, 6.07) is 3.85. The summed E-state index contributed by atoms with van der Waals surface area (Å²) in [5.74, 6) is 0.271. The molecule has 0 radical (unpaired) electrons. The third kappa shape index (κ3) is 3.45. The van der Waals surface area contributed by atoms with Crippen molar-refractivity contribution >= 4 is 23.2 Å². The van der Waals surface area contributed by atoms with E-state index >= 15 is 0 Å². The van der Waals surface area contributed by atoms with E-state index in [2.05, 4.69) is 4.98 Å². The number of nitrogens with zero attached hydrogens (tertiary/aromatic N) is 3. The summed E-state index contributed by atoms with van der Waals surface area (Å²) < 4.78 is 11.7. The molecule has 1 aliphatic heterocycles. The first kappa shape index (κ1) is 17.3. The predicted octanol–water partition coefficient (Wildman–Crippen LogP) is 3.38. The first-order valence-electron chi connectivity index (χ1n) is 8.70. The maximum absolute atomic E-state index is 12.2. The van der Waals surface area contributed by atoms with Crippen LogP contribution < -0.4 is 0 Å². The van der Waals surface area contributed by atoms with Gasteiger partial charge in [-0.1, -0.05) is 0 Å². The van der Waals surface area contributed by atoms with E-state index in [1.54, 1.807) is 18.0 Å². The molecule has 2 aromatic rings. The molecule has 7 nitrogen and oxygen atoms in total. The van der Waals surface area contributed by atoms with Crippen LogP contribution in [0.2, 0.25) is 0 Å². The zero-order chi connectivity index (χ0) is 17.8. The van der Waals surface area contributed by atoms with Crippen LogP contribution in [0.25, 0.3) is 11.0 Å². The van der Waals surface area contributed by atoms with Crippen molar-refractivity contribution in [1.82, 2.24) is 14.5 Å². The summed E-state index contributed by atoms with van der Waals surface area (Å²) in [5, 5.41) is 0.963. The van der Waals surface area contributed by atoms with Crippen LogP contribution in [0.3, 0.4) is 0 Å². The summed E-state index contributed by atoms with van der Waals surface area (Å²) in [5.41, 5.74) is 1.70. The van der Waals surface area contributed by atoms with Crippen LogP contribution >= 0.6 is 0 Å². The molecule has 0 aromatic carbocycles. The van der Waals surface area contributed by atoms with Gasteiger partial charge >= 0.3 is 12.2 Å². The summed E-state index contributed by atoms with van der Waals surface area (Å²) >= 11 is 0. The van der Waals surface area contributed by atoms with Gasteiger partial charge in [0.25, 0.3) is 0 Å². The molecule has 0 atom stereocenters. The molecule has 0 N–H and O–H groups in total. The fraction of sp³-hybridized carbons (Fsp3) is 0.500. The molecule has 0 unspecified atom stereocenters. The van der Waals surface area contributed by atoms with Crippen molar-refractivity contribution in [3.8, 4) is 0 Å². The summed E-state index contributed by atoms with van der Waals surface area (Å²) in [4.78, 5) is 30.1. The first-order chi connectivity index (χ1) is 12.2. The van der Waals surface area contributed by atoms with Gasteiger partial charge in [0.1, 0.15) is 5.65 Å². The highest BCUT2D eigenvalue weighted by Crippen LogP contribution is 2.34. The molecule has 0 bridgehead atoms. The fourth-order valence-electron chi connectivity index (χ4n) is 3.33. The van der Waals surface area contributed by atoms with Crippen LogP contribution in [-0.4, -0.2) is 52.9 Å². The molecule has 3 heterocycles. The average molecular weight is 345 g/mol. The van der Waals surface area contributed by atoms with Gasteiger partial charge in [-0.3, -0.25) is 0 Å². The Kier molecular flexibility index (Phi) is 5.21. The average Bonchev–Trinajstić information content (AvgIpc) is 3.02. The van der Waals surface area contributed by atoms with Crippen LogP contribution in [-0.2, 0) is 9.47 Å². The standard InChI is InChI=1S/C18H23N3O4/c1-3-24-17(22)20-10-7-13(8-11-20)15-12-21(18(23)25-4-2)16-14(15)6-5-9-19-16/h5-6,9,12-13H,3-4,7-8,10-11H2,1-2H3. The molecule has 0 aliphatic carbocycles. The topological polar surface area (TPSA) is 73.7 Å². The highest BCUT2D eigenvalue weighted by Gasteiger charge is 2.27. The fourth-order valence-corrected chi connectivity index (χ4v) is 3.33. The Morgan fingerprint density at radius 1 is 1.16 bits per heavy atom. The largest absolute Gasteiger partial charge is 0.450 e. The van der Waals surface area contributed by atoms with Crippen molar-refractivity contribution in [2.24, 2.45) is 0 Å². The molecule has 0 saturated carbocycles. The van der Waals surface area contributed by atoms with Gasteiger partial charge in [-0.15, -0.1) is 0 Å². The molecule has 1 amide bonds. The molecule has 1 aliphatic rings. The highest BCUT2D eigenvalue weighted by atomic mass is 16.6. The van der Waals surface area contributed by atoms with Crippen LogP contribution in [0.1, 0.15) is 38.2 Å². The lowest BCUT2D eigenvalue weighted by Gasteiger charge is -2.31. The van der Waals surface area contributed by atoms with Gasteiger partial charge < -0.3 is 14.4 Å². The van der Waals surface area contributed by atoms with Crippen LogP contribution in [0, 0.1) is 0 Å². The van der Waals surface area contributed by atoms with E-state index in [1.807, 2.05) is 25.3 Å². The minimum Gasteiger partial charge on any atom is -0.450 e. The van der Waals surface area contributed by atoms with E-state index in [4.69, 9.17) is 9.47 Å². The van der Waals surface area contributed by atoms with E-state index in [0.29, 0.717) is 32.0 Å². The lowest BCUT2D eigenvalue weighted by molar-refractivity contribution is 0.0971. The monoisotopic (exact) mass is 345 g/mol. The van der Waals surface area contributed by atoms with Crippen molar-refractivity contribution in [1.29, 1.82) is 0 Å².